The number of ketones is 1. The molecule has 188 valence electrons. The molecule has 2 aromatic rings. The van der Waals surface area contributed by atoms with Gasteiger partial charge in [-0.2, -0.15) is 13.3 Å². The fourth-order valence-electron chi connectivity index (χ4n) is 5.34. The van der Waals surface area contributed by atoms with E-state index in [1.807, 2.05) is 36.7 Å². The molecular formula is C28H24F2N3O3S+. The Kier molecular flexibility index (Phi) is 6.34. The Bertz CT molecular complexity index is 1420. The van der Waals surface area contributed by atoms with Crippen LogP contribution < -0.4 is 4.74 Å². The number of benzene rings is 1. The van der Waals surface area contributed by atoms with Crippen molar-refractivity contribution in [2.24, 2.45) is 0 Å². The second kappa shape index (κ2) is 9.79. The van der Waals surface area contributed by atoms with Gasteiger partial charge in [-0.15, -0.1) is 0 Å². The van der Waals surface area contributed by atoms with Crippen molar-refractivity contribution in [3.8, 4) is 28.1 Å². The number of aromatic nitrogens is 3. The standard InChI is InChI=1S/C28H24F2N3O3S/c29-28(30)36-24-4-2-1-3-19(24)21-13-23(34)26-25(21)20-7-5-16(6-8-22(20)33-26)18-14-31-27(32-15-18)17-9-11-37(35)12-10-17/h1-8,14-15,17,21,28,35H,9-13H2/q+1/t17?,21-,37?/m1/s1. The third-order valence-corrected chi connectivity index (χ3v) is 8.60. The van der Waals surface area contributed by atoms with Gasteiger partial charge in [-0.05, 0) is 23.3 Å². The molecule has 0 amide bonds. The van der Waals surface area contributed by atoms with E-state index >= 15 is 0 Å². The van der Waals surface area contributed by atoms with E-state index in [9.17, 15) is 18.1 Å². The largest absolute Gasteiger partial charge is 0.435 e. The van der Waals surface area contributed by atoms with Gasteiger partial charge in [-0.25, -0.2) is 15.0 Å². The summed E-state index contributed by atoms with van der Waals surface area (Å²) in [7, 11) is 0. The van der Waals surface area contributed by atoms with Crippen molar-refractivity contribution < 1.29 is 22.9 Å². The smallest absolute Gasteiger partial charge is 0.387 e. The number of nitrogens with zero attached hydrogens (tertiary/aromatic N) is 3. The number of alkyl halides is 2. The molecule has 1 fully saturated rings. The van der Waals surface area contributed by atoms with Crippen LogP contribution in [0.1, 0.15) is 58.5 Å². The van der Waals surface area contributed by atoms with Crippen LogP contribution in [0.2, 0.25) is 0 Å². The topological polar surface area (TPSA) is 85.2 Å². The van der Waals surface area contributed by atoms with Gasteiger partial charge < -0.3 is 4.74 Å². The van der Waals surface area contributed by atoms with Crippen LogP contribution in [-0.2, 0) is 11.2 Å². The van der Waals surface area contributed by atoms with Crippen LogP contribution in [0.5, 0.6) is 5.75 Å². The van der Waals surface area contributed by atoms with Crippen molar-refractivity contribution in [2.45, 2.75) is 37.7 Å². The van der Waals surface area contributed by atoms with Gasteiger partial charge in [0, 0.05) is 60.2 Å². The van der Waals surface area contributed by atoms with E-state index in [1.54, 1.807) is 18.2 Å². The van der Waals surface area contributed by atoms with Crippen molar-refractivity contribution >= 4 is 17.0 Å². The first-order chi connectivity index (χ1) is 18.0. The average molecular weight is 521 g/mol. The number of hydrogen-bond donors (Lipinski definition) is 1. The molecule has 6 nitrogen and oxygen atoms in total. The third-order valence-electron chi connectivity index (χ3n) is 7.19. The van der Waals surface area contributed by atoms with Gasteiger partial charge in [0.1, 0.15) is 39.9 Å². The molecule has 1 saturated heterocycles. The number of halogens is 2. The molecule has 0 bridgehead atoms. The molecule has 9 heteroatoms. The number of para-hydroxylation sites is 1. The maximum atomic E-state index is 13.0. The lowest BCUT2D eigenvalue weighted by molar-refractivity contribution is -0.0505. The molecule has 4 aliphatic rings. The van der Waals surface area contributed by atoms with Crippen LogP contribution in [0, 0.1) is 0 Å². The van der Waals surface area contributed by atoms with Crippen LogP contribution in [-0.4, -0.2) is 43.4 Å². The lowest BCUT2D eigenvalue weighted by Crippen LogP contribution is -2.23. The van der Waals surface area contributed by atoms with E-state index in [2.05, 4.69) is 15.0 Å². The number of carbonyl (C=O) groups excluding carboxylic acids is 1. The Hall–Kier alpha value is -3.43. The average Bonchev–Trinajstić information content (AvgIpc) is 3.33. The van der Waals surface area contributed by atoms with E-state index in [0.717, 1.165) is 52.4 Å². The summed E-state index contributed by atoms with van der Waals surface area (Å²) in [4.78, 5) is 26.6. The highest BCUT2D eigenvalue weighted by molar-refractivity contribution is 7.91. The van der Waals surface area contributed by atoms with E-state index in [-0.39, 0.29) is 23.9 Å². The number of rotatable bonds is 5. The molecule has 2 aliphatic heterocycles. The lowest BCUT2D eigenvalue weighted by atomic mass is 9.90. The zero-order valence-corrected chi connectivity index (χ0v) is 20.6. The molecular weight excluding hydrogens is 496 g/mol. The number of ether oxygens (including phenoxy) is 1. The Labute approximate surface area is 215 Å². The van der Waals surface area contributed by atoms with Crippen LogP contribution in [0.3, 0.4) is 0 Å². The Balaban J connectivity index is 1.34. The van der Waals surface area contributed by atoms with Gasteiger partial charge in [0.05, 0.1) is 5.69 Å². The quantitative estimate of drug-likeness (QED) is 0.328. The number of fused-ring (bicyclic) bond motifs is 3. The summed E-state index contributed by atoms with van der Waals surface area (Å²) in [6.07, 6.45) is 5.60. The second-order valence-corrected chi connectivity index (χ2v) is 11.1. The van der Waals surface area contributed by atoms with Crippen molar-refractivity contribution in [1.29, 1.82) is 0 Å². The van der Waals surface area contributed by atoms with Crippen molar-refractivity contribution in [3.63, 3.8) is 0 Å². The molecule has 0 saturated carbocycles. The van der Waals surface area contributed by atoms with Gasteiger partial charge in [0.2, 0.25) is 0 Å². The monoisotopic (exact) mass is 520 g/mol. The van der Waals surface area contributed by atoms with Crippen molar-refractivity contribution in [1.82, 2.24) is 15.0 Å². The Morgan fingerprint density at radius 1 is 0.973 bits per heavy atom. The zero-order valence-electron chi connectivity index (χ0n) is 19.8. The molecule has 6 rings (SSSR count). The predicted molar refractivity (Wildman–Crippen MR) is 137 cm³/mol. The molecule has 1 N–H and O–H groups in total. The van der Waals surface area contributed by atoms with Crippen LogP contribution >= 0.6 is 0 Å². The van der Waals surface area contributed by atoms with Crippen molar-refractivity contribution in [2.75, 3.05) is 11.5 Å². The highest BCUT2D eigenvalue weighted by Crippen LogP contribution is 2.47. The maximum Gasteiger partial charge on any atom is 0.387 e. The summed E-state index contributed by atoms with van der Waals surface area (Å²) in [5.74, 6) is 2.25. The molecule has 2 aliphatic carbocycles. The first-order valence-corrected chi connectivity index (χ1v) is 13.7. The first-order valence-electron chi connectivity index (χ1n) is 12.2. The second-order valence-electron chi connectivity index (χ2n) is 9.37. The molecule has 1 aromatic heterocycles. The molecule has 1 aromatic carbocycles. The number of Topliss-reactive ketones (excluding diaryl/α,β-unsaturated/α-hetero) is 1. The lowest BCUT2D eigenvalue weighted by Gasteiger charge is -2.17. The van der Waals surface area contributed by atoms with Crippen LogP contribution in [0.25, 0.3) is 22.4 Å². The van der Waals surface area contributed by atoms with E-state index in [1.165, 1.54) is 6.07 Å². The van der Waals surface area contributed by atoms with Gasteiger partial charge in [0.25, 0.3) is 0 Å². The molecule has 0 spiro atoms. The van der Waals surface area contributed by atoms with Gasteiger partial charge >= 0.3 is 6.61 Å². The van der Waals surface area contributed by atoms with Gasteiger partial charge in [-0.1, -0.05) is 36.4 Å². The fraction of sp³-hybridized carbons (Fsp3) is 0.286. The first kappa shape index (κ1) is 23.9. The summed E-state index contributed by atoms with van der Waals surface area (Å²) in [6, 6.07) is 14.3. The van der Waals surface area contributed by atoms with Crippen LogP contribution in [0.4, 0.5) is 8.78 Å². The maximum absolute atomic E-state index is 13.0. The van der Waals surface area contributed by atoms with E-state index in [4.69, 9.17) is 4.74 Å². The minimum atomic E-state index is -2.95. The molecule has 3 heterocycles. The summed E-state index contributed by atoms with van der Waals surface area (Å²) in [5.41, 5.74) is 4.93. The summed E-state index contributed by atoms with van der Waals surface area (Å²) in [6.45, 7) is -2.95. The normalized spacial score (nSPS) is 21.4. The summed E-state index contributed by atoms with van der Waals surface area (Å²) < 4.78 is 40.6. The van der Waals surface area contributed by atoms with Gasteiger partial charge in [-0.3, -0.25) is 4.79 Å². The van der Waals surface area contributed by atoms with Gasteiger partial charge in [0.15, 0.2) is 5.78 Å². The number of hydrogen-bond acceptors (Lipinski definition) is 6. The molecule has 0 unspecified atom stereocenters. The fourth-order valence-corrected chi connectivity index (χ4v) is 6.66. The Morgan fingerprint density at radius 3 is 2.46 bits per heavy atom. The Morgan fingerprint density at radius 2 is 1.70 bits per heavy atom. The van der Waals surface area contributed by atoms with Crippen LogP contribution in [0.15, 0.2) is 60.9 Å². The third kappa shape index (κ3) is 4.57. The van der Waals surface area contributed by atoms with Crippen molar-refractivity contribution in [3.05, 3.63) is 83.6 Å². The highest BCUT2D eigenvalue weighted by Gasteiger charge is 2.38. The zero-order chi connectivity index (χ0) is 25.5. The summed E-state index contributed by atoms with van der Waals surface area (Å²) in [5, 5.41) is 0. The van der Waals surface area contributed by atoms with E-state index in [0.29, 0.717) is 17.0 Å². The highest BCUT2D eigenvalue weighted by atomic mass is 32.2. The number of carbonyl (C=O) groups is 1. The summed E-state index contributed by atoms with van der Waals surface area (Å²) >= 11 is -0.477. The molecule has 37 heavy (non-hydrogen) atoms. The SMILES string of the molecule is O=C1C[C@H](c2ccccc2OC(F)F)c2c3ccc(-c4cnc(C5CC[S+](O)CC5)nc4)ccc-3nc21. The molecule has 1 atom stereocenters. The van der Waals surface area contributed by atoms with E-state index < -0.39 is 23.7 Å². The minimum absolute atomic E-state index is 0.0728. The predicted octanol–water partition coefficient (Wildman–Crippen LogP) is 5.93. The molecule has 0 radical (unpaired) electrons. The minimum Gasteiger partial charge on any atom is -0.435 e.